The minimum Gasteiger partial charge on any atom is -0.348 e. The van der Waals surface area contributed by atoms with Crippen LogP contribution in [0.4, 0.5) is 0 Å². The Morgan fingerprint density at radius 1 is 1.39 bits per heavy atom. The van der Waals surface area contributed by atoms with E-state index in [2.05, 4.69) is 20.7 Å². The number of carbonyl (C=O) groups excluding carboxylic acids is 1. The van der Waals surface area contributed by atoms with Gasteiger partial charge in [0.15, 0.2) is 0 Å². The highest BCUT2D eigenvalue weighted by molar-refractivity contribution is 5.76. The van der Waals surface area contributed by atoms with Gasteiger partial charge in [0.1, 0.15) is 6.54 Å². The molecular weight excluding hydrogens is 292 g/mol. The maximum atomic E-state index is 12.2. The van der Waals surface area contributed by atoms with E-state index in [1.807, 2.05) is 38.1 Å². The lowest BCUT2D eigenvalue weighted by Gasteiger charge is -2.29. The van der Waals surface area contributed by atoms with Gasteiger partial charge >= 0.3 is 0 Å². The summed E-state index contributed by atoms with van der Waals surface area (Å²) >= 11 is 0. The number of benzene rings is 1. The molecule has 23 heavy (non-hydrogen) atoms. The lowest BCUT2D eigenvalue weighted by molar-refractivity contribution is -0.124. The number of rotatable bonds is 6. The van der Waals surface area contributed by atoms with Gasteiger partial charge in [0.25, 0.3) is 0 Å². The van der Waals surface area contributed by atoms with Crippen LogP contribution in [0.25, 0.3) is 11.4 Å². The number of nitrogens with two attached hydrogens (primary N) is 1. The maximum Gasteiger partial charge on any atom is 0.244 e. The smallest absolute Gasteiger partial charge is 0.244 e. The predicted octanol–water partition coefficient (Wildman–Crippen LogP) is 0.892. The van der Waals surface area contributed by atoms with Crippen molar-refractivity contribution in [1.82, 2.24) is 25.5 Å². The summed E-state index contributed by atoms with van der Waals surface area (Å²) < 4.78 is 0. The molecule has 1 aromatic carbocycles. The number of aryl methyl sites for hydroxylation is 1. The highest BCUT2D eigenvalue weighted by Crippen LogP contribution is 2.38. The highest BCUT2D eigenvalue weighted by Gasteiger charge is 2.41. The van der Waals surface area contributed by atoms with Crippen LogP contribution in [0, 0.1) is 12.8 Å². The van der Waals surface area contributed by atoms with Crippen molar-refractivity contribution in [3.63, 3.8) is 0 Å². The maximum absolute atomic E-state index is 12.2. The number of amides is 1. The van der Waals surface area contributed by atoms with Crippen LogP contribution in [-0.2, 0) is 11.3 Å². The number of hydrogen-bond donors (Lipinski definition) is 2. The second-order valence-corrected chi connectivity index (χ2v) is 6.45. The fourth-order valence-electron chi connectivity index (χ4n) is 2.66. The van der Waals surface area contributed by atoms with Gasteiger partial charge in [-0.1, -0.05) is 29.8 Å². The van der Waals surface area contributed by atoms with Crippen LogP contribution in [0.2, 0.25) is 0 Å². The van der Waals surface area contributed by atoms with E-state index in [1.165, 1.54) is 10.4 Å². The van der Waals surface area contributed by atoms with Gasteiger partial charge < -0.3 is 11.1 Å². The van der Waals surface area contributed by atoms with Crippen molar-refractivity contribution in [3.8, 4) is 11.4 Å². The van der Waals surface area contributed by atoms with Crippen LogP contribution >= 0.6 is 0 Å². The van der Waals surface area contributed by atoms with Crippen molar-refractivity contribution < 1.29 is 4.79 Å². The van der Waals surface area contributed by atoms with Crippen molar-refractivity contribution in [2.45, 2.75) is 38.8 Å². The van der Waals surface area contributed by atoms with Crippen LogP contribution in [0.3, 0.4) is 0 Å². The normalized spacial score (nSPS) is 16.8. The lowest BCUT2D eigenvalue weighted by atomic mass is 9.96. The van der Waals surface area contributed by atoms with E-state index in [1.54, 1.807) is 0 Å². The molecule has 2 aromatic rings. The zero-order valence-corrected chi connectivity index (χ0v) is 13.5. The molecule has 122 valence electrons. The Bertz CT molecular complexity index is 691. The molecule has 1 aromatic heterocycles. The van der Waals surface area contributed by atoms with E-state index < -0.39 is 0 Å². The van der Waals surface area contributed by atoms with E-state index in [0.717, 1.165) is 18.4 Å². The molecule has 0 bridgehead atoms. The first-order chi connectivity index (χ1) is 11.0. The van der Waals surface area contributed by atoms with E-state index in [4.69, 9.17) is 5.73 Å². The van der Waals surface area contributed by atoms with Gasteiger partial charge in [-0.05, 0) is 37.8 Å². The van der Waals surface area contributed by atoms with E-state index in [9.17, 15) is 4.79 Å². The summed E-state index contributed by atoms with van der Waals surface area (Å²) in [5.74, 6) is 0.850. The van der Waals surface area contributed by atoms with Crippen LogP contribution in [-0.4, -0.2) is 38.2 Å². The van der Waals surface area contributed by atoms with Gasteiger partial charge in [0.2, 0.25) is 11.7 Å². The first kappa shape index (κ1) is 15.6. The molecule has 1 unspecified atom stereocenters. The molecule has 0 radical (unpaired) electrons. The van der Waals surface area contributed by atoms with Crippen molar-refractivity contribution in [2.24, 2.45) is 11.7 Å². The summed E-state index contributed by atoms with van der Waals surface area (Å²) in [4.78, 5) is 13.5. The Labute approximate surface area is 135 Å². The molecule has 7 heteroatoms. The summed E-state index contributed by atoms with van der Waals surface area (Å²) in [6, 6.07) is 7.86. The number of aromatic nitrogens is 4. The van der Waals surface area contributed by atoms with Crippen LogP contribution in [0.15, 0.2) is 24.3 Å². The summed E-state index contributed by atoms with van der Waals surface area (Å²) in [7, 11) is 0. The van der Waals surface area contributed by atoms with Gasteiger partial charge in [-0.3, -0.25) is 4.79 Å². The second kappa shape index (κ2) is 6.08. The molecule has 1 fully saturated rings. The predicted molar refractivity (Wildman–Crippen MR) is 86.3 cm³/mol. The van der Waals surface area contributed by atoms with Gasteiger partial charge in [0, 0.05) is 12.1 Å². The Kier molecular flexibility index (Phi) is 4.12. The minimum absolute atomic E-state index is 0.0428. The molecule has 1 heterocycles. The monoisotopic (exact) mass is 314 g/mol. The fraction of sp³-hybridized carbons (Fsp3) is 0.500. The molecule has 1 aliphatic rings. The number of nitrogens with zero attached hydrogens (tertiary/aromatic N) is 4. The van der Waals surface area contributed by atoms with Crippen molar-refractivity contribution in [3.05, 3.63) is 29.8 Å². The van der Waals surface area contributed by atoms with Crippen molar-refractivity contribution >= 4 is 5.91 Å². The van der Waals surface area contributed by atoms with Gasteiger partial charge in [-0.2, -0.15) is 4.80 Å². The number of nitrogens with one attached hydrogen (secondary N) is 1. The lowest BCUT2D eigenvalue weighted by Crippen LogP contribution is -2.54. The molecule has 7 nitrogen and oxygen atoms in total. The highest BCUT2D eigenvalue weighted by atomic mass is 16.2. The average Bonchev–Trinajstić information content (AvgIpc) is 3.29. The molecule has 3 N–H and O–H groups in total. The third-order valence-corrected chi connectivity index (χ3v) is 4.38. The molecular formula is C16H22N6O. The quantitative estimate of drug-likeness (QED) is 0.825. The molecule has 1 amide bonds. The summed E-state index contributed by atoms with van der Waals surface area (Å²) in [6.45, 7) is 4.49. The van der Waals surface area contributed by atoms with Crippen LogP contribution in [0.1, 0.15) is 25.3 Å². The number of tetrazole rings is 1. The Morgan fingerprint density at radius 2 is 2.09 bits per heavy atom. The molecule has 0 saturated heterocycles. The Hall–Kier alpha value is -2.28. The first-order valence-corrected chi connectivity index (χ1v) is 7.86. The average molecular weight is 314 g/mol. The fourth-order valence-corrected chi connectivity index (χ4v) is 2.66. The van der Waals surface area contributed by atoms with E-state index in [0.29, 0.717) is 18.3 Å². The standard InChI is InChI=1S/C16H22N6O/c1-11-3-5-12(6-4-11)15-19-21-22(20-15)9-14(23)18-16(2,10-17)13-7-8-13/h3-6,13H,7-10,17H2,1-2H3,(H,18,23). The van der Waals surface area contributed by atoms with Crippen molar-refractivity contribution in [2.75, 3.05) is 6.54 Å². The molecule has 1 aliphatic carbocycles. The van der Waals surface area contributed by atoms with Gasteiger partial charge in [-0.15, -0.1) is 10.2 Å². The molecule has 3 rings (SSSR count). The number of hydrogen-bond acceptors (Lipinski definition) is 5. The number of carbonyl (C=O) groups is 1. The zero-order valence-electron chi connectivity index (χ0n) is 13.5. The molecule has 0 spiro atoms. The van der Waals surface area contributed by atoms with Gasteiger partial charge in [-0.25, -0.2) is 0 Å². The van der Waals surface area contributed by atoms with E-state index in [-0.39, 0.29) is 18.0 Å². The summed E-state index contributed by atoms with van der Waals surface area (Å²) in [5.41, 5.74) is 7.53. The Balaban J connectivity index is 1.64. The third kappa shape index (κ3) is 3.56. The van der Waals surface area contributed by atoms with E-state index >= 15 is 0 Å². The van der Waals surface area contributed by atoms with Gasteiger partial charge in [0.05, 0.1) is 5.54 Å². The van der Waals surface area contributed by atoms with Crippen LogP contribution < -0.4 is 11.1 Å². The second-order valence-electron chi connectivity index (χ2n) is 6.45. The zero-order chi connectivity index (χ0) is 16.4. The molecule has 0 aliphatic heterocycles. The summed E-state index contributed by atoms with van der Waals surface area (Å²) in [6.07, 6.45) is 2.24. The third-order valence-electron chi connectivity index (χ3n) is 4.38. The minimum atomic E-state index is -0.336. The SMILES string of the molecule is Cc1ccc(-c2nnn(CC(=O)NC(C)(CN)C3CC3)n2)cc1. The Morgan fingerprint density at radius 3 is 2.70 bits per heavy atom. The largest absolute Gasteiger partial charge is 0.348 e. The topological polar surface area (TPSA) is 98.7 Å². The molecule has 1 saturated carbocycles. The summed E-state index contributed by atoms with van der Waals surface area (Å²) in [5, 5.41) is 15.3. The molecule has 1 atom stereocenters. The van der Waals surface area contributed by atoms with Crippen LogP contribution in [0.5, 0.6) is 0 Å². The van der Waals surface area contributed by atoms with Crippen molar-refractivity contribution in [1.29, 1.82) is 0 Å². The first-order valence-electron chi connectivity index (χ1n) is 7.86.